The van der Waals surface area contributed by atoms with Gasteiger partial charge in [-0.1, -0.05) is 18.2 Å². The van der Waals surface area contributed by atoms with Gasteiger partial charge in [-0.05, 0) is 54.8 Å². The third-order valence-corrected chi connectivity index (χ3v) is 7.91. The standard InChI is InChI=1S/C26H22F3N3O5S/c27-26(28,29)19-3-1-4-21(14-19)36-20-8-6-17(7-9-20)15-31-25(33)22-5-2-12-32(22)38(34,35)24-13-18-16-30-11-10-23(18)37-24/h1,3-4,6-11,13-14,16,22H,2,5,12,15H2,(H,31,33)/t22-/m0/s1. The van der Waals surface area contributed by atoms with E-state index in [0.717, 1.165) is 16.4 Å². The van der Waals surface area contributed by atoms with E-state index < -0.39 is 33.7 Å². The van der Waals surface area contributed by atoms with E-state index in [1.165, 1.54) is 30.6 Å². The number of pyridine rings is 1. The maximum Gasteiger partial charge on any atom is 0.416 e. The van der Waals surface area contributed by atoms with Crippen molar-refractivity contribution in [3.63, 3.8) is 0 Å². The van der Waals surface area contributed by atoms with Gasteiger partial charge in [-0.2, -0.15) is 17.5 Å². The minimum atomic E-state index is -4.47. The molecule has 1 aliphatic rings. The van der Waals surface area contributed by atoms with E-state index in [2.05, 4.69) is 10.3 Å². The molecule has 1 aliphatic heterocycles. The predicted molar refractivity (Wildman–Crippen MR) is 131 cm³/mol. The Kier molecular flexibility index (Phi) is 6.84. The molecule has 1 N–H and O–H groups in total. The molecule has 0 saturated carbocycles. The maximum absolute atomic E-state index is 13.2. The Morgan fingerprint density at radius 3 is 2.63 bits per heavy atom. The average molecular weight is 546 g/mol. The molecular weight excluding hydrogens is 523 g/mol. The van der Waals surface area contributed by atoms with Crippen molar-refractivity contribution in [2.45, 2.75) is 36.7 Å². The first kappa shape index (κ1) is 25.7. The molecule has 0 spiro atoms. The Labute approximate surface area is 216 Å². The molecule has 1 fully saturated rings. The number of nitrogens with one attached hydrogen (secondary N) is 1. The van der Waals surface area contributed by atoms with Crippen LogP contribution in [-0.2, 0) is 27.5 Å². The highest BCUT2D eigenvalue weighted by Gasteiger charge is 2.41. The second-order valence-electron chi connectivity index (χ2n) is 8.74. The summed E-state index contributed by atoms with van der Waals surface area (Å²) in [5.41, 5.74) is 0.279. The number of alkyl halides is 3. The summed E-state index contributed by atoms with van der Waals surface area (Å²) in [6, 6.07) is 13.1. The lowest BCUT2D eigenvalue weighted by Crippen LogP contribution is -2.45. The molecule has 4 aromatic rings. The highest BCUT2D eigenvalue weighted by atomic mass is 32.2. The lowest BCUT2D eigenvalue weighted by molar-refractivity contribution is -0.137. The Morgan fingerprint density at radius 1 is 1.11 bits per heavy atom. The van der Waals surface area contributed by atoms with E-state index in [1.54, 1.807) is 30.3 Å². The molecule has 0 bridgehead atoms. The van der Waals surface area contributed by atoms with Gasteiger partial charge in [0, 0.05) is 36.9 Å². The van der Waals surface area contributed by atoms with Gasteiger partial charge in [-0.15, -0.1) is 0 Å². The van der Waals surface area contributed by atoms with Crippen molar-refractivity contribution in [1.82, 2.24) is 14.6 Å². The molecule has 0 unspecified atom stereocenters. The first-order chi connectivity index (χ1) is 18.1. The number of fused-ring (bicyclic) bond motifs is 1. The molecule has 2 aromatic carbocycles. The first-order valence-electron chi connectivity index (χ1n) is 11.7. The highest BCUT2D eigenvalue weighted by Crippen LogP contribution is 2.33. The van der Waals surface area contributed by atoms with Crippen LogP contribution < -0.4 is 10.1 Å². The number of rotatable bonds is 7. The topological polar surface area (TPSA) is 102 Å². The smallest absolute Gasteiger partial charge is 0.416 e. The van der Waals surface area contributed by atoms with E-state index in [9.17, 15) is 26.4 Å². The molecule has 0 radical (unpaired) electrons. The fraction of sp³-hybridized carbons (Fsp3) is 0.231. The van der Waals surface area contributed by atoms with Gasteiger partial charge in [0.1, 0.15) is 23.1 Å². The summed E-state index contributed by atoms with van der Waals surface area (Å²) in [5.74, 6) is -0.0641. The largest absolute Gasteiger partial charge is 0.457 e. The quantitative estimate of drug-likeness (QED) is 0.346. The lowest BCUT2D eigenvalue weighted by Gasteiger charge is -2.22. The van der Waals surface area contributed by atoms with Crippen LogP contribution in [0, 0.1) is 0 Å². The Hall–Kier alpha value is -3.90. The maximum atomic E-state index is 13.2. The second-order valence-corrected chi connectivity index (χ2v) is 10.6. The van der Waals surface area contributed by atoms with Crippen molar-refractivity contribution in [3.8, 4) is 11.5 Å². The highest BCUT2D eigenvalue weighted by molar-refractivity contribution is 7.89. The van der Waals surface area contributed by atoms with E-state index in [4.69, 9.17) is 9.15 Å². The monoisotopic (exact) mass is 545 g/mol. The fourth-order valence-electron chi connectivity index (χ4n) is 4.25. The molecule has 2 aromatic heterocycles. The summed E-state index contributed by atoms with van der Waals surface area (Å²) in [6.07, 6.45) is -0.573. The summed E-state index contributed by atoms with van der Waals surface area (Å²) in [6.45, 7) is 0.320. The van der Waals surface area contributed by atoms with E-state index in [-0.39, 0.29) is 23.9 Å². The second kappa shape index (κ2) is 10.1. The summed E-state index contributed by atoms with van der Waals surface area (Å²) in [4.78, 5) is 16.9. The van der Waals surface area contributed by atoms with E-state index >= 15 is 0 Å². The minimum Gasteiger partial charge on any atom is -0.457 e. The Morgan fingerprint density at radius 2 is 1.89 bits per heavy atom. The van der Waals surface area contributed by atoms with Crippen LogP contribution in [0.25, 0.3) is 11.0 Å². The van der Waals surface area contributed by atoms with Crippen LogP contribution in [0.2, 0.25) is 0 Å². The normalized spacial score (nSPS) is 16.6. The number of furan rings is 1. The fourth-order valence-corrected chi connectivity index (χ4v) is 5.85. The molecule has 38 heavy (non-hydrogen) atoms. The van der Waals surface area contributed by atoms with Gasteiger partial charge in [-0.25, -0.2) is 8.42 Å². The van der Waals surface area contributed by atoms with Crippen molar-refractivity contribution < 1.29 is 35.5 Å². The molecule has 1 amide bonds. The summed E-state index contributed by atoms with van der Waals surface area (Å²) >= 11 is 0. The van der Waals surface area contributed by atoms with Crippen LogP contribution in [0.3, 0.4) is 0 Å². The number of halogens is 3. The number of aromatic nitrogens is 1. The molecule has 0 aliphatic carbocycles. The van der Waals surface area contributed by atoms with Gasteiger partial charge in [-0.3, -0.25) is 9.78 Å². The average Bonchev–Trinajstić information content (AvgIpc) is 3.56. The van der Waals surface area contributed by atoms with E-state index in [1.807, 2.05) is 0 Å². The van der Waals surface area contributed by atoms with Crippen LogP contribution in [0.5, 0.6) is 11.5 Å². The number of ether oxygens (including phenoxy) is 1. The number of sulfonamides is 1. The van der Waals surface area contributed by atoms with Crippen LogP contribution in [0.15, 0.2) is 82.6 Å². The molecule has 1 saturated heterocycles. The number of hydrogen-bond donors (Lipinski definition) is 1. The van der Waals surface area contributed by atoms with Crippen molar-refractivity contribution >= 4 is 26.9 Å². The van der Waals surface area contributed by atoms with Gasteiger partial charge >= 0.3 is 6.18 Å². The Balaban J connectivity index is 1.21. The van der Waals surface area contributed by atoms with Crippen molar-refractivity contribution in [2.24, 2.45) is 0 Å². The number of hydrogen-bond acceptors (Lipinski definition) is 6. The molecule has 12 heteroatoms. The zero-order valence-corrected chi connectivity index (χ0v) is 20.6. The summed E-state index contributed by atoms with van der Waals surface area (Å²) in [7, 11) is -4.03. The lowest BCUT2D eigenvalue weighted by atomic mass is 10.2. The van der Waals surface area contributed by atoms with Crippen LogP contribution >= 0.6 is 0 Å². The zero-order chi connectivity index (χ0) is 26.9. The molecule has 3 heterocycles. The molecule has 5 rings (SSSR count). The van der Waals surface area contributed by atoms with Gasteiger partial charge in [0.05, 0.1) is 5.56 Å². The van der Waals surface area contributed by atoms with Crippen LogP contribution in [-0.4, -0.2) is 36.2 Å². The van der Waals surface area contributed by atoms with Gasteiger partial charge in [0.2, 0.25) is 11.0 Å². The Bertz CT molecular complexity index is 1540. The molecular formula is C26H22F3N3O5S. The van der Waals surface area contributed by atoms with Crippen LogP contribution in [0.1, 0.15) is 24.0 Å². The zero-order valence-electron chi connectivity index (χ0n) is 19.8. The third-order valence-electron chi connectivity index (χ3n) is 6.15. The first-order valence-corrected chi connectivity index (χ1v) is 13.1. The van der Waals surface area contributed by atoms with E-state index in [0.29, 0.717) is 35.1 Å². The van der Waals surface area contributed by atoms with Crippen molar-refractivity contribution in [1.29, 1.82) is 0 Å². The van der Waals surface area contributed by atoms with Gasteiger partial charge < -0.3 is 14.5 Å². The number of carbonyl (C=O) groups excluding carboxylic acids is 1. The predicted octanol–water partition coefficient (Wildman–Crippen LogP) is 5.11. The molecule has 8 nitrogen and oxygen atoms in total. The third kappa shape index (κ3) is 5.36. The van der Waals surface area contributed by atoms with Crippen molar-refractivity contribution in [2.75, 3.05) is 6.54 Å². The number of carbonyl (C=O) groups is 1. The molecule has 198 valence electrons. The van der Waals surface area contributed by atoms with Gasteiger partial charge in [0.15, 0.2) is 0 Å². The SMILES string of the molecule is O=C(NCc1ccc(Oc2cccc(C(F)(F)F)c2)cc1)[C@@H]1CCCN1S(=O)(=O)c1cc2cnccc2o1. The van der Waals surface area contributed by atoms with Crippen LogP contribution in [0.4, 0.5) is 13.2 Å². The number of benzene rings is 2. The number of amides is 1. The minimum absolute atomic E-state index is 0.0455. The molecule has 1 atom stereocenters. The summed E-state index contributed by atoms with van der Waals surface area (Å²) < 4.78 is 77.3. The summed E-state index contributed by atoms with van der Waals surface area (Å²) in [5, 5.41) is 3.07. The number of nitrogens with zero attached hydrogens (tertiary/aromatic N) is 2. The van der Waals surface area contributed by atoms with Crippen molar-refractivity contribution in [3.05, 3.63) is 84.2 Å². The van der Waals surface area contributed by atoms with Gasteiger partial charge in [0.25, 0.3) is 10.0 Å².